The molecule has 0 radical (unpaired) electrons. The van der Waals surface area contributed by atoms with Crippen molar-refractivity contribution < 1.29 is 4.74 Å². The zero-order valence-corrected chi connectivity index (χ0v) is 13.3. The molecular formula is C14H18N2OS2. The molecule has 2 rings (SSSR count). The lowest BCUT2D eigenvalue weighted by molar-refractivity contribution is 0.303. The number of ether oxygens (including phenoxy) is 1. The van der Waals surface area contributed by atoms with E-state index in [-0.39, 0.29) is 5.41 Å². The molecule has 0 atom stereocenters. The Morgan fingerprint density at radius 1 is 1.21 bits per heavy atom. The van der Waals surface area contributed by atoms with Crippen molar-refractivity contribution in [1.82, 2.24) is 9.36 Å². The molecule has 1 heterocycles. The number of hydrogen-bond acceptors (Lipinski definition) is 5. The van der Waals surface area contributed by atoms with Crippen LogP contribution in [0.2, 0.25) is 0 Å². The first-order valence-corrected chi connectivity index (χ1v) is 8.09. The van der Waals surface area contributed by atoms with E-state index in [1.165, 1.54) is 28.9 Å². The van der Waals surface area contributed by atoms with Crippen LogP contribution in [-0.2, 0) is 12.0 Å². The highest BCUT2D eigenvalue weighted by molar-refractivity contribution is 7.98. The predicted octanol–water partition coefficient (Wildman–Crippen LogP) is 4.14. The number of thioether (sulfide) groups is 1. The van der Waals surface area contributed by atoms with Crippen LogP contribution in [0, 0.1) is 0 Å². The van der Waals surface area contributed by atoms with Crippen molar-refractivity contribution in [1.29, 1.82) is 0 Å². The second-order valence-electron chi connectivity index (χ2n) is 5.28. The Bertz CT molecular complexity index is 529. The molecule has 0 spiro atoms. The summed E-state index contributed by atoms with van der Waals surface area (Å²) >= 11 is 2.82. The molecule has 1 aromatic carbocycles. The molecule has 1 aromatic heterocycles. The van der Waals surface area contributed by atoms with Crippen molar-refractivity contribution >= 4 is 23.3 Å². The van der Waals surface area contributed by atoms with Crippen LogP contribution in [0.1, 0.15) is 31.9 Å². The number of rotatable bonds is 4. The highest BCUT2D eigenvalue weighted by Gasteiger charge is 2.13. The maximum absolute atomic E-state index is 5.63. The highest BCUT2D eigenvalue weighted by Crippen LogP contribution is 2.23. The molecular weight excluding hydrogens is 276 g/mol. The van der Waals surface area contributed by atoms with Crippen LogP contribution in [0.4, 0.5) is 0 Å². The number of nitrogens with zero attached hydrogens (tertiary/aromatic N) is 2. The molecule has 0 aliphatic rings. The zero-order valence-electron chi connectivity index (χ0n) is 11.6. The molecule has 2 aromatic rings. The smallest absolute Gasteiger partial charge is 0.294 e. The fourth-order valence-corrected chi connectivity index (χ4v) is 2.66. The first-order valence-electron chi connectivity index (χ1n) is 6.09. The maximum Gasteiger partial charge on any atom is 0.294 e. The Morgan fingerprint density at radius 3 is 2.42 bits per heavy atom. The van der Waals surface area contributed by atoms with Gasteiger partial charge in [-0.1, -0.05) is 56.8 Å². The van der Waals surface area contributed by atoms with Gasteiger partial charge in [0.15, 0.2) is 0 Å². The van der Waals surface area contributed by atoms with E-state index in [1.807, 2.05) is 6.26 Å². The minimum atomic E-state index is 0.186. The van der Waals surface area contributed by atoms with Crippen LogP contribution in [0.3, 0.4) is 0 Å². The summed E-state index contributed by atoms with van der Waals surface area (Å²) in [5.74, 6) is 0. The van der Waals surface area contributed by atoms with Gasteiger partial charge in [-0.2, -0.15) is 9.36 Å². The van der Waals surface area contributed by atoms with Gasteiger partial charge in [-0.15, -0.1) is 0 Å². The van der Waals surface area contributed by atoms with Gasteiger partial charge in [0.25, 0.3) is 5.19 Å². The molecule has 0 bridgehead atoms. The highest BCUT2D eigenvalue weighted by atomic mass is 32.2. The predicted molar refractivity (Wildman–Crippen MR) is 81.2 cm³/mol. The van der Waals surface area contributed by atoms with E-state index in [9.17, 15) is 0 Å². The van der Waals surface area contributed by atoms with Crippen LogP contribution < -0.4 is 4.74 Å². The van der Waals surface area contributed by atoms with E-state index in [2.05, 4.69) is 54.4 Å². The van der Waals surface area contributed by atoms with Crippen molar-refractivity contribution in [3.8, 4) is 5.19 Å². The van der Waals surface area contributed by atoms with Gasteiger partial charge in [-0.05, 0) is 22.8 Å². The van der Waals surface area contributed by atoms with Gasteiger partial charge < -0.3 is 4.74 Å². The third kappa shape index (κ3) is 3.94. The second kappa shape index (κ2) is 5.92. The monoisotopic (exact) mass is 294 g/mol. The SMILES string of the molecule is CSc1nsc(OCc2ccc(C(C)(C)C)cc2)n1. The molecule has 0 unspecified atom stereocenters. The summed E-state index contributed by atoms with van der Waals surface area (Å²) in [6, 6.07) is 8.53. The van der Waals surface area contributed by atoms with E-state index in [4.69, 9.17) is 4.74 Å². The maximum atomic E-state index is 5.63. The lowest BCUT2D eigenvalue weighted by atomic mass is 9.87. The summed E-state index contributed by atoms with van der Waals surface area (Å²) in [5.41, 5.74) is 2.66. The van der Waals surface area contributed by atoms with Crippen molar-refractivity contribution in [3.63, 3.8) is 0 Å². The first kappa shape index (κ1) is 14.3. The van der Waals surface area contributed by atoms with Gasteiger partial charge in [0.05, 0.1) is 0 Å². The molecule has 3 nitrogen and oxygen atoms in total. The number of aromatic nitrogens is 2. The standard InChI is InChI=1S/C14H18N2OS2/c1-14(2,3)11-7-5-10(6-8-11)9-17-13-15-12(18-4)16-19-13/h5-8H,9H2,1-4H3. The minimum absolute atomic E-state index is 0.186. The van der Waals surface area contributed by atoms with E-state index in [1.54, 1.807) is 0 Å². The van der Waals surface area contributed by atoms with Crippen molar-refractivity contribution in [2.24, 2.45) is 0 Å². The van der Waals surface area contributed by atoms with E-state index < -0.39 is 0 Å². The molecule has 19 heavy (non-hydrogen) atoms. The Hall–Kier alpha value is -1.07. The summed E-state index contributed by atoms with van der Waals surface area (Å²) < 4.78 is 9.79. The summed E-state index contributed by atoms with van der Waals surface area (Å²) in [5, 5.41) is 1.40. The van der Waals surface area contributed by atoms with Crippen LogP contribution >= 0.6 is 23.3 Å². The molecule has 0 amide bonds. The lowest BCUT2D eigenvalue weighted by Crippen LogP contribution is -2.10. The minimum Gasteiger partial charge on any atom is -0.464 e. The van der Waals surface area contributed by atoms with Gasteiger partial charge >= 0.3 is 0 Å². The fourth-order valence-electron chi connectivity index (χ4n) is 1.58. The van der Waals surface area contributed by atoms with Gasteiger partial charge in [0.1, 0.15) is 6.61 Å². The van der Waals surface area contributed by atoms with Crippen LogP contribution in [0.25, 0.3) is 0 Å². The molecule has 0 aliphatic carbocycles. The van der Waals surface area contributed by atoms with Crippen molar-refractivity contribution in [2.45, 2.75) is 37.9 Å². The van der Waals surface area contributed by atoms with Gasteiger partial charge in [0, 0.05) is 11.5 Å². The Labute approximate surface area is 122 Å². The first-order chi connectivity index (χ1) is 8.99. The normalized spacial score (nSPS) is 11.6. The van der Waals surface area contributed by atoms with E-state index >= 15 is 0 Å². The summed E-state index contributed by atoms with van der Waals surface area (Å²) in [7, 11) is 0. The quantitative estimate of drug-likeness (QED) is 0.794. The Morgan fingerprint density at radius 2 is 1.89 bits per heavy atom. The number of benzene rings is 1. The van der Waals surface area contributed by atoms with Crippen molar-refractivity contribution in [3.05, 3.63) is 35.4 Å². The molecule has 0 N–H and O–H groups in total. The Balaban J connectivity index is 1.96. The van der Waals surface area contributed by atoms with Crippen LogP contribution in [0.15, 0.2) is 29.4 Å². The van der Waals surface area contributed by atoms with Gasteiger partial charge in [-0.25, -0.2) is 0 Å². The average Bonchev–Trinajstić information content (AvgIpc) is 2.84. The summed E-state index contributed by atoms with van der Waals surface area (Å²) in [6.07, 6.45) is 1.96. The molecule has 0 saturated carbocycles. The average molecular weight is 294 g/mol. The topological polar surface area (TPSA) is 35.0 Å². The van der Waals surface area contributed by atoms with E-state index in [0.717, 1.165) is 10.7 Å². The fraction of sp³-hybridized carbons (Fsp3) is 0.429. The Kier molecular flexibility index (Phi) is 4.47. The molecule has 0 saturated heterocycles. The third-order valence-electron chi connectivity index (χ3n) is 2.75. The zero-order chi connectivity index (χ0) is 13.9. The van der Waals surface area contributed by atoms with Crippen LogP contribution in [0.5, 0.6) is 5.19 Å². The molecule has 5 heteroatoms. The van der Waals surface area contributed by atoms with Crippen LogP contribution in [-0.4, -0.2) is 15.6 Å². The third-order valence-corrected chi connectivity index (χ3v) is 4.05. The largest absolute Gasteiger partial charge is 0.464 e. The van der Waals surface area contributed by atoms with Crippen molar-refractivity contribution in [2.75, 3.05) is 6.26 Å². The van der Waals surface area contributed by atoms with Gasteiger partial charge in [0.2, 0.25) is 5.16 Å². The number of hydrogen-bond donors (Lipinski definition) is 0. The summed E-state index contributed by atoms with van der Waals surface area (Å²) in [4.78, 5) is 4.25. The second-order valence-corrected chi connectivity index (χ2v) is 6.77. The van der Waals surface area contributed by atoms with Gasteiger partial charge in [-0.3, -0.25) is 0 Å². The summed E-state index contributed by atoms with van der Waals surface area (Å²) in [6.45, 7) is 7.17. The molecule has 0 aliphatic heterocycles. The lowest BCUT2D eigenvalue weighted by Gasteiger charge is -2.19. The molecule has 102 valence electrons. The molecule has 0 fully saturated rings. The van der Waals surface area contributed by atoms with E-state index in [0.29, 0.717) is 11.8 Å².